The Kier molecular flexibility index (Phi) is 9.17. The molecule has 0 fully saturated rings. The van der Waals surface area contributed by atoms with Gasteiger partial charge in [-0.2, -0.15) is 4.31 Å². The van der Waals surface area contributed by atoms with Gasteiger partial charge in [-0.1, -0.05) is 12.1 Å². The van der Waals surface area contributed by atoms with Gasteiger partial charge in [0.05, 0.1) is 48.2 Å². The van der Waals surface area contributed by atoms with Crippen LogP contribution >= 0.6 is 0 Å². The number of imide groups is 1. The molecule has 2 aromatic carbocycles. The van der Waals surface area contributed by atoms with E-state index in [9.17, 15) is 37.7 Å². The molecule has 1 aliphatic heterocycles. The zero-order valence-electron chi connectivity index (χ0n) is 22.6. The van der Waals surface area contributed by atoms with Gasteiger partial charge in [0.25, 0.3) is 16.9 Å². The zero-order chi connectivity index (χ0) is 30.5. The van der Waals surface area contributed by atoms with E-state index in [-0.39, 0.29) is 39.0 Å². The minimum Gasteiger partial charge on any atom is -0.493 e. The van der Waals surface area contributed by atoms with Crippen LogP contribution in [0.3, 0.4) is 0 Å². The minimum atomic E-state index is -4.52. The number of hydrogen-bond donors (Lipinski definition) is 2. The summed E-state index contributed by atoms with van der Waals surface area (Å²) < 4.78 is 37.3. The molecule has 0 aliphatic carbocycles. The molecular formula is C25H28N4O11S. The Hall–Kier alpha value is -4.73. The van der Waals surface area contributed by atoms with Crippen LogP contribution in [0.2, 0.25) is 0 Å². The number of carbonyl (C=O) groups is 4. The summed E-state index contributed by atoms with van der Waals surface area (Å²) in [7, 11) is -3.09. The summed E-state index contributed by atoms with van der Waals surface area (Å²) in [6.45, 7) is 3.63. The number of hydrogen-bond acceptors (Lipinski definition) is 11. The van der Waals surface area contributed by atoms with Crippen LogP contribution in [-0.4, -0.2) is 68.3 Å². The fourth-order valence-electron chi connectivity index (χ4n) is 3.85. The molecule has 0 bridgehead atoms. The smallest absolute Gasteiger partial charge is 0.294 e. The quantitative estimate of drug-likeness (QED) is 0.194. The molecule has 0 radical (unpaired) electrons. The van der Waals surface area contributed by atoms with Crippen LogP contribution < -0.4 is 20.1 Å². The molecule has 3 rings (SSSR count). The predicted octanol–water partition coefficient (Wildman–Crippen LogP) is 1.51. The van der Waals surface area contributed by atoms with Crippen molar-refractivity contribution in [3.8, 4) is 11.5 Å². The van der Waals surface area contributed by atoms with E-state index in [4.69, 9.17) is 9.47 Å². The van der Waals surface area contributed by atoms with Crippen LogP contribution in [0.5, 0.6) is 11.5 Å². The van der Waals surface area contributed by atoms with Crippen molar-refractivity contribution in [3.05, 3.63) is 63.2 Å². The third-order valence-corrected chi connectivity index (χ3v) is 7.45. The third-order valence-electron chi connectivity index (χ3n) is 5.86. The molecule has 1 heterocycles. The first-order valence-corrected chi connectivity index (χ1v) is 13.7. The first-order valence-electron chi connectivity index (χ1n) is 12.1. The molecule has 1 aliphatic rings. The van der Waals surface area contributed by atoms with Crippen molar-refractivity contribution in [1.29, 1.82) is 0 Å². The van der Waals surface area contributed by atoms with Crippen molar-refractivity contribution >= 4 is 39.3 Å². The maximum atomic E-state index is 13.2. The highest BCUT2D eigenvalue weighted by molar-refractivity contribution is 7.89. The largest absolute Gasteiger partial charge is 0.493 e. The molecule has 2 N–H and O–H groups in total. The van der Waals surface area contributed by atoms with E-state index in [1.807, 2.05) is 0 Å². The normalized spacial score (nSPS) is 12.9. The Morgan fingerprint density at radius 2 is 1.80 bits per heavy atom. The van der Waals surface area contributed by atoms with Crippen molar-refractivity contribution in [3.63, 3.8) is 0 Å². The van der Waals surface area contributed by atoms with Crippen molar-refractivity contribution in [1.82, 2.24) is 9.62 Å². The number of sulfonamides is 1. The lowest BCUT2D eigenvalue weighted by Crippen LogP contribution is -2.43. The van der Waals surface area contributed by atoms with E-state index in [1.165, 1.54) is 57.4 Å². The Labute approximate surface area is 234 Å². The van der Waals surface area contributed by atoms with E-state index in [0.29, 0.717) is 5.75 Å². The van der Waals surface area contributed by atoms with Gasteiger partial charge in [0.2, 0.25) is 21.8 Å². The number of rotatable bonds is 13. The van der Waals surface area contributed by atoms with Gasteiger partial charge in [-0.15, -0.1) is 10.1 Å². The van der Waals surface area contributed by atoms with Crippen LogP contribution in [-0.2, 0) is 30.2 Å². The molecular weight excluding hydrogens is 564 g/mol. The number of nitrogens with zero attached hydrogens (tertiary/aromatic N) is 2. The van der Waals surface area contributed by atoms with E-state index in [2.05, 4.69) is 15.5 Å². The topological polar surface area (TPSA) is 201 Å². The highest BCUT2D eigenvalue weighted by Gasteiger charge is 2.45. The lowest BCUT2D eigenvalue weighted by molar-refractivity contribution is -0.760. The van der Waals surface area contributed by atoms with Gasteiger partial charge in [-0.25, -0.2) is 8.42 Å². The standard InChI is InChI=1S/C25H28N4O11S/c1-5-39-19-11-15(9-10-18(19)38-4)13-41(36,37)28-22(31)16-7-6-8-17(21(16)23(28)32)27-20(30)12-26-24(33)25(2,3)14-40-29(34)35/h6-11H,5,12-14H2,1-4H3,(H,26,33)(H,27,30). The van der Waals surface area contributed by atoms with Gasteiger partial charge in [0.1, 0.15) is 6.61 Å². The number of methoxy groups -OCH3 is 1. The summed E-state index contributed by atoms with van der Waals surface area (Å²) in [5.74, 6) is -3.80. The van der Waals surface area contributed by atoms with Crippen molar-refractivity contribution in [2.75, 3.05) is 32.2 Å². The number of anilines is 1. The van der Waals surface area contributed by atoms with Gasteiger partial charge in [0.15, 0.2) is 11.5 Å². The fraction of sp³-hybridized carbons (Fsp3) is 0.360. The molecule has 15 nitrogen and oxygen atoms in total. The summed E-state index contributed by atoms with van der Waals surface area (Å²) in [5.41, 5.74) is -1.81. The minimum absolute atomic E-state index is 0.142. The summed E-state index contributed by atoms with van der Waals surface area (Å²) >= 11 is 0. The lowest BCUT2D eigenvalue weighted by atomic mass is 9.94. The number of fused-ring (bicyclic) bond motifs is 1. The molecule has 0 saturated heterocycles. The van der Waals surface area contributed by atoms with Crippen molar-refractivity contribution < 1.29 is 47.0 Å². The van der Waals surface area contributed by atoms with Gasteiger partial charge in [-0.3, -0.25) is 19.2 Å². The van der Waals surface area contributed by atoms with E-state index in [0.717, 1.165) is 0 Å². The van der Waals surface area contributed by atoms with Gasteiger partial charge in [-0.05, 0) is 50.6 Å². The van der Waals surface area contributed by atoms with Crippen LogP contribution in [0.1, 0.15) is 47.1 Å². The fourth-order valence-corrected chi connectivity index (χ4v) is 5.27. The number of benzene rings is 2. The Morgan fingerprint density at radius 1 is 1.10 bits per heavy atom. The van der Waals surface area contributed by atoms with E-state index < -0.39 is 63.1 Å². The molecule has 0 aromatic heterocycles. The highest BCUT2D eigenvalue weighted by atomic mass is 32.2. The van der Waals surface area contributed by atoms with Gasteiger partial charge < -0.3 is 24.9 Å². The molecule has 41 heavy (non-hydrogen) atoms. The predicted molar refractivity (Wildman–Crippen MR) is 142 cm³/mol. The van der Waals surface area contributed by atoms with Crippen LogP contribution in [0, 0.1) is 15.5 Å². The molecule has 16 heteroatoms. The Bertz CT molecular complexity index is 1500. The highest BCUT2D eigenvalue weighted by Crippen LogP contribution is 2.33. The second kappa shape index (κ2) is 12.2. The van der Waals surface area contributed by atoms with Crippen LogP contribution in [0.15, 0.2) is 36.4 Å². The van der Waals surface area contributed by atoms with E-state index >= 15 is 0 Å². The Morgan fingerprint density at radius 3 is 2.44 bits per heavy atom. The first-order chi connectivity index (χ1) is 19.2. The summed E-state index contributed by atoms with van der Waals surface area (Å²) in [5, 5.41) is 14.1. The summed E-state index contributed by atoms with van der Waals surface area (Å²) in [4.78, 5) is 65.8. The van der Waals surface area contributed by atoms with Crippen LogP contribution in [0.4, 0.5) is 5.69 Å². The average Bonchev–Trinajstić information content (AvgIpc) is 3.17. The average molecular weight is 593 g/mol. The second-order valence-corrected chi connectivity index (χ2v) is 11.2. The second-order valence-electron chi connectivity index (χ2n) is 9.39. The SMILES string of the molecule is CCOc1cc(CS(=O)(=O)N2C(=O)c3cccc(NC(=O)CNC(=O)C(C)(C)CO[N+](=O)[O-])c3C2=O)ccc1OC. The third kappa shape index (κ3) is 6.89. The molecule has 2 aromatic rings. The number of carbonyl (C=O) groups excluding carboxylic acids is 4. The Balaban J connectivity index is 1.76. The van der Waals surface area contributed by atoms with E-state index in [1.54, 1.807) is 6.92 Å². The summed E-state index contributed by atoms with van der Waals surface area (Å²) in [6.07, 6.45) is 0. The van der Waals surface area contributed by atoms with Crippen LogP contribution in [0.25, 0.3) is 0 Å². The van der Waals surface area contributed by atoms with Gasteiger partial charge in [0, 0.05) is 0 Å². The molecule has 220 valence electrons. The number of nitrogens with one attached hydrogen (secondary N) is 2. The van der Waals surface area contributed by atoms with Crippen molar-refractivity contribution in [2.45, 2.75) is 26.5 Å². The maximum absolute atomic E-state index is 13.2. The molecule has 0 unspecified atom stereocenters. The lowest BCUT2D eigenvalue weighted by Gasteiger charge is -2.21. The molecule has 0 atom stereocenters. The maximum Gasteiger partial charge on any atom is 0.294 e. The number of ether oxygens (including phenoxy) is 2. The van der Waals surface area contributed by atoms with Crippen molar-refractivity contribution in [2.24, 2.45) is 5.41 Å². The number of amides is 4. The molecule has 4 amide bonds. The molecule has 0 spiro atoms. The molecule has 0 saturated carbocycles. The zero-order valence-corrected chi connectivity index (χ0v) is 23.4. The monoisotopic (exact) mass is 592 g/mol. The first kappa shape index (κ1) is 30.8. The summed E-state index contributed by atoms with van der Waals surface area (Å²) in [6, 6.07) is 8.30. The van der Waals surface area contributed by atoms with Gasteiger partial charge >= 0.3 is 0 Å².